The van der Waals surface area contributed by atoms with Crippen LogP contribution < -0.4 is 0 Å². The van der Waals surface area contributed by atoms with Gasteiger partial charge in [0.25, 0.3) is 11.8 Å². The van der Waals surface area contributed by atoms with Gasteiger partial charge in [-0.05, 0) is 12.1 Å². The summed E-state index contributed by atoms with van der Waals surface area (Å²) in [5.41, 5.74) is 1.32. The summed E-state index contributed by atoms with van der Waals surface area (Å²) in [4.78, 5) is 33.7. The summed E-state index contributed by atoms with van der Waals surface area (Å²) in [5.74, 6) is 0.0278. The van der Waals surface area contributed by atoms with Crippen molar-refractivity contribution in [2.45, 2.75) is 0 Å². The molecule has 1 aliphatic rings. The molecular formula is C14H16N4O2. The van der Waals surface area contributed by atoms with E-state index < -0.39 is 0 Å². The van der Waals surface area contributed by atoms with Crippen LogP contribution in [0, 0.1) is 0 Å². The fourth-order valence-corrected chi connectivity index (χ4v) is 2.39. The first-order valence-corrected chi connectivity index (χ1v) is 6.60. The molecule has 3 rings (SSSR count). The SMILES string of the molecule is O=C(c1cc[nH]c1)N1CCN(C(=O)c2cc[nH]c2)CC1. The van der Waals surface area contributed by atoms with Crippen molar-refractivity contribution in [1.29, 1.82) is 0 Å². The summed E-state index contributed by atoms with van der Waals surface area (Å²) in [7, 11) is 0. The molecule has 0 spiro atoms. The molecule has 0 unspecified atom stereocenters. The number of aromatic amines is 2. The molecule has 6 heteroatoms. The van der Waals surface area contributed by atoms with E-state index in [0.29, 0.717) is 37.3 Å². The Morgan fingerprint density at radius 3 is 1.50 bits per heavy atom. The first-order chi connectivity index (χ1) is 9.75. The molecular weight excluding hydrogens is 256 g/mol. The zero-order valence-corrected chi connectivity index (χ0v) is 11.0. The lowest BCUT2D eigenvalue weighted by atomic mass is 10.2. The van der Waals surface area contributed by atoms with E-state index in [0.717, 1.165) is 0 Å². The Hall–Kier alpha value is -2.50. The number of aromatic nitrogens is 2. The van der Waals surface area contributed by atoms with E-state index in [1.165, 1.54) is 0 Å². The van der Waals surface area contributed by atoms with Gasteiger partial charge in [0.15, 0.2) is 0 Å². The van der Waals surface area contributed by atoms with Crippen LogP contribution >= 0.6 is 0 Å². The van der Waals surface area contributed by atoms with Crippen LogP contribution in [0.5, 0.6) is 0 Å². The highest BCUT2D eigenvalue weighted by molar-refractivity contribution is 5.95. The van der Waals surface area contributed by atoms with Crippen molar-refractivity contribution in [3.05, 3.63) is 48.0 Å². The third-order valence-electron chi connectivity index (χ3n) is 3.54. The molecule has 0 aliphatic carbocycles. The number of rotatable bonds is 2. The molecule has 2 aromatic rings. The lowest BCUT2D eigenvalue weighted by Crippen LogP contribution is -2.50. The van der Waals surface area contributed by atoms with Crippen molar-refractivity contribution < 1.29 is 9.59 Å². The van der Waals surface area contributed by atoms with Gasteiger partial charge in [-0.25, -0.2) is 0 Å². The number of amides is 2. The van der Waals surface area contributed by atoms with E-state index in [4.69, 9.17) is 0 Å². The first kappa shape index (κ1) is 12.5. The van der Waals surface area contributed by atoms with Crippen LogP contribution in [-0.4, -0.2) is 57.8 Å². The van der Waals surface area contributed by atoms with Crippen LogP contribution in [0.15, 0.2) is 36.9 Å². The normalized spacial score (nSPS) is 15.4. The molecule has 1 saturated heterocycles. The smallest absolute Gasteiger partial charge is 0.255 e. The van der Waals surface area contributed by atoms with Crippen LogP contribution in [0.25, 0.3) is 0 Å². The fraction of sp³-hybridized carbons (Fsp3) is 0.286. The van der Waals surface area contributed by atoms with E-state index in [2.05, 4.69) is 9.97 Å². The third-order valence-corrected chi connectivity index (χ3v) is 3.54. The maximum absolute atomic E-state index is 12.2. The van der Waals surface area contributed by atoms with Crippen LogP contribution in [0.3, 0.4) is 0 Å². The van der Waals surface area contributed by atoms with E-state index in [9.17, 15) is 9.59 Å². The number of hydrogen-bond donors (Lipinski definition) is 2. The highest BCUT2D eigenvalue weighted by atomic mass is 16.2. The Morgan fingerprint density at radius 1 is 0.800 bits per heavy atom. The molecule has 3 heterocycles. The Kier molecular flexibility index (Phi) is 3.28. The summed E-state index contributed by atoms with van der Waals surface area (Å²) in [5, 5.41) is 0. The minimum Gasteiger partial charge on any atom is -0.367 e. The van der Waals surface area contributed by atoms with Gasteiger partial charge in [-0.3, -0.25) is 9.59 Å². The second-order valence-corrected chi connectivity index (χ2v) is 4.78. The van der Waals surface area contributed by atoms with E-state index >= 15 is 0 Å². The molecule has 0 radical (unpaired) electrons. The van der Waals surface area contributed by atoms with Crippen LogP contribution in [0.1, 0.15) is 20.7 Å². The van der Waals surface area contributed by atoms with Crippen molar-refractivity contribution in [2.75, 3.05) is 26.2 Å². The van der Waals surface area contributed by atoms with Crippen molar-refractivity contribution in [2.24, 2.45) is 0 Å². The molecule has 1 aliphatic heterocycles. The minimum absolute atomic E-state index is 0.0139. The number of carbonyl (C=O) groups excluding carboxylic acids is 2. The predicted octanol–water partition coefficient (Wildman–Crippen LogP) is 0.941. The van der Waals surface area contributed by atoms with Crippen LogP contribution in [-0.2, 0) is 0 Å². The number of piperazine rings is 1. The maximum atomic E-state index is 12.2. The standard InChI is InChI=1S/C14H16N4O2/c19-13(11-1-3-15-9-11)17-5-7-18(8-6-17)14(20)12-2-4-16-10-12/h1-4,9-10,15-16H,5-8H2. The van der Waals surface area contributed by atoms with Crippen LogP contribution in [0.4, 0.5) is 0 Å². The average Bonchev–Trinajstić information content (AvgIpc) is 3.18. The molecule has 0 aromatic carbocycles. The molecule has 2 aromatic heterocycles. The van der Waals surface area contributed by atoms with Crippen molar-refractivity contribution in [1.82, 2.24) is 19.8 Å². The minimum atomic E-state index is 0.0139. The van der Waals surface area contributed by atoms with Gasteiger partial charge < -0.3 is 19.8 Å². The summed E-state index contributed by atoms with van der Waals surface area (Å²) in [6.07, 6.45) is 6.86. The van der Waals surface area contributed by atoms with E-state index in [1.807, 2.05) is 0 Å². The van der Waals surface area contributed by atoms with E-state index in [-0.39, 0.29) is 11.8 Å². The Labute approximate surface area is 116 Å². The number of H-pyrrole nitrogens is 2. The summed E-state index contributed by atoms with van der Waals surface area (Å²) in [6.45, 7) is 2.28. The van der Waals surface area contributed by atoms with E-state index in [1.54, 1.807) is 46.7 Å². The van der Waals surface area contributed by atoms with Crippen LogP contribution in [0.2, 0.25) is 0 Å². The number of nitrogens with one attached hydrogen (secondary N) is 2. The van der Waals surface area contributed by atoms with Crippen molar-refractivity contribution in [3.63, 3.8) is 0 Å². The Bertz CT molecular complexity index is 526. The summed E-state index contributed by atoms with van der Waals surface area (Å²) >= 11 is 0. The Morgan fingerprint density at radius 2 is 1.20 bits per heavy atom. The molecule has 0 saturated carbocycles. The largest absolute Gasteiger partial charge is 0.367 e. The van der Waals surface area contributed by atoms with Gasteiger partial charge in [0.1, 0.15) is 0 Å². The second kappa shape index (κ2) is 5.24. The molecule has 104 valence electrons. The molecule has 2 amide bonds. The van der Waals surface area contributed by atoms with Crippen molar-refractivity contribution >= 4 is 11.8 Å². The lowest BCUT2D eigenvalue weighted by Gasteiger charge is -2.34. The monoisotopic (exact) mass is 272 g/mol. The predicted molar refractivity (Wildman–Crippen MR) is 73.4 cm³/mol. The lowest BCUT2D eigenvalue weighted by molar-refractivity contribution is 0.0535. The quantitative estimate of drug-likeness (QED) is 0.854. The molecule has 0 bridgehead atoms. The van der Waals surface area contributed by atoms with Gasteiger partial charge in [-0.2, -0.15) is 0 Å². The van der Waals surface area contributed by atoms with Crippen molar-refractivity contribution in [3.8, 4) is 0 Å². The van der Waals surface area contributed by atoms with Gasteiger partial charge in [0.2, 0.25) is 0 Å². The van der Waals surface area contributed by atoms with Gasteiger partial charge in [0.05, 0.1) is 11.1 Å². The summed E-state index contributed by atoms with van der Waals surface area (Å²) < 4.78 is 0. The highest BCUT2D eigenvalue weighted by Gasteiger charge is 2.25. The topological polar surface area (TPSA) is 72.2 Å². The molecule has 2 N–H and O–H groups in total. The molecule has 0 atom stereocenters. The molecule has 1 fully saturated rings. The number of hydrogen-bond acceptors (Lipinski definition) is 2. The zero-order valence-electron chi connectivity index (χ0n) is 11.0. The van der Waals surface area contributed by atoms with Gasteiger partial charge in [-0.1, -0.05) is 0 Å². The maximum Gasteiger partial charge on any atom is 0.255 e. The van der Waals surface area contributed by atoms with Gasteiger partial charge in [-0.15, -0.1) is 0 Å². The third kappa shape index (κ3) is 2.32. The van der Waals surface area contributed by atoms with Gasteiger partial charge >= 0.3 is 0 Å². The Balaban J connectivity index is 1.60. The first-order valence-electron chi connectivity index (χ1n) is 6.60. The zero-order chi connectivity index (χ0) is 13.9. The number of carbonyl (C=O) groups is 2. The summed E-state index contributed by atoms with van der Waals surface area (Å²) in [6, 6.07) is 3.53. The number of nitrogens with zero attached hydrogens (tertiary/aromatic N) is 2. The molecule has 20 heavy (non-hydrogen) atoms. The van der Waals surface area contributed by atoms with Gasteiger partial charge in [0, 0.05) is 51.0 Å². The fourth-order valence-electron chi connectivity index (χ4n) is 2.39. The second-order valence-electron chi connectivity index (χ2n) is 4.78. The average molecular weight is 272 g/mol. The highest BCUT2D eigenvalue weighted by Crippen LogP contribution is 2.11. The molecule has 6 nitrogen and oxygen atoms in total.